The molecule has 4 rings (SSSR count). The highest BCUT2D eigenvalue weighted by molar-refractivity contribution is 7.17. The summed E-state index contributed by atoms with van der Waals surface area (Å²) in [6, 6.07) is 10.3. The van der Waals surface area contributed by atoms with Crippen molar-refractivity contribution in [3.8, 4) is 0 Å². The van der Waals surface area contributed by atoms with Gasteiger partial charge in [-0.2, -0.15) is 0 Å². The van der Waals surface area contributed by atoms with Gasteiger partial charge in [0.25, 0.3) is 0 Å². The normalized spacial score (nSPS) is 28.6. The third-order valence-electron chi connectivity index (χ3n) is 4.81. The van der Waals surface area contributed by atoms with Gasteiger partial charge in [-0.25, -0.2) is 0 Å². The summed E-state index contributed by atoms with van der Waals surface area (Å²) < 4.78 is 1.40. The lowest BCUT2D eigenvalue weighted by molar-refractivity contribution is 0.177. The van der Waals surface area contributed by atoms with E-state index in [0.717, 1.165) is 12.5 Å². The quantitative estimate of drug-likeness (QED) is 0.906. The molecule has 2 nitrogen and oxygen atoms in total. The van der Waals surface area contributed by atoms with Gasteiger partial charge in [0, 0.05) is 16.8 Å². The second-order valence-corrected chi connectivity index (χ2v) is 7.17. The Labute approximate surface area is 124 Å². The fourth-order valence-electron chi connectivity index (χ4n) is 3.67. The molecule has 106 valence electrons. The first kappa shape index (κ1) is 12.8. The summed E-state index contributed by atoms with van der Waals surface area (Å²) >= 11 is 1.87. The molecule has 2 heterocycles. The number of benzene rings is 1. The van der Waals surface area contributed by atoms with Crippen molar-refractivity contribution in [3.05, 3.63) is 35.2 Å². The summed E-state index contributed by atoms with van der Waals surface area (Å²) in [7, 11) is 0. The number of fused-ring (bicyclic) bond motifs is 1. The Morgan fingerprint density at radius 2 is 1.95 bits per heavy atom. The van der Waals surface area contributed by atoms with Gasteiger partial charge in [0.05, 0.1) is 6.04 Å². The van der Waals surface area contributed by atoms with Gasteiger partial charge in [0.15, 0.2) is 0 Å². The van der Waals surface area contributed by atoms with Crippen LogP contribution in [-0.4, -0.2) is 23.5 Å². The van der Waals surface area contributed by atoms with Crippen LogP contribution in [0.1, 0.15) is 43.7 Å². The van der Waals surface area contributed by atoms with Crippen molar-refractivity contribution in [1.82, 2.24) is 4.90 Å². The van der Waals surface area contributed by atoms with E-state index in [1.807, 2.05) is 11.3 Å². The van der Waals surface area contributed by atoms with Crippen LogP contribution in [0.4, 0.5) is 0 Å². The summed E-state index contributed by atoms with van der Waals surface area (Å²) in [5, 5.41) is 3.78. The lowest BCUT2D eigenvalue weighted by Crippen LogP contribution is -2.40. The van der Waals surface area contributed by atoms with E-state index in [2.05, 4.69) is 34.5 Å². The minimum Gasteiger partial charge on any atom is -0.326 e. The van der Waals surface area contributed by atoms with Crippen molar-refractivity contribution in [2.24, 2.45) is 5.73 Å². The van der Waals surface area contributed by atoms with Gasteiger partial charge >= 0.3 is 0 Å². The fourth-order valence-corrected chi connectivity index (χ4v) is 4.66. The van der Waals surface area contributed by atoms with E-state index >= 15 is 0 Å². The Morgan fingerprint density at radius 1 is 1.10 bits per heavy atom. The predicted octanol–water partition coefficient (Wildman–Crippen LogP) is 3.92. The molecule has 1 aliphatic heterocycles. The maximum absolute atomic E-state index is 6.58. The van der Waals surface area contributed by atoms with Gasteiger partial charge in [-0.05, 0) is 54.6 Å². The van der Waals surface area contributed by atoms with Crippen molar-refractivity contribution in [2.75, 3.05) is 6.54 Å². The predicted molar refractivity (Wildman–Crippen MR) is 86.1 cm³/mol. The number of nitrogens with zero attached hydrogens (tertiary/aromatic N) is 1. The number of hydrogen-bond donors (Lipinski definition) is 1. The maximum Gasteiger partial charge on any atom is 0.0516 e. The van der Waals surface area contributed by atoms with Crippen LogP contribution in [0.3, 0.4) is 0 Å². The Kier molecular flexibility index (Phi) is 3.29. The van der Waals surface area contributed by atoms with Crippen molar-refractivity contribution >= 4 is 21.4 Å². The molecule has 2 aliphatic rings. The second kappa shape index (κ2) is 5.14. The summed E-state index contributed by atoms with van der Waals surface area (Å²) in [6.07, 6.45) is 6.49. The second-order valence-electron chi connectivity index (χ2n) is 6.26. The molecule has 2 atom stereocenters. The largest absolute Gasteiger partial charge is 0.326 e. The third kappa shape index (κ3) is 2.18. The summed E-state index contributed by atoms with van der Waals surface area (Å²) in [5.41, 5.74) is 8.06. The zero-order chi connectivity index (χ0) is 13.5. The lowest BCUT2D eigenvalue weighted by atomic mass is 9.95. The van der Waals surface area contributed by atoms with Gasteiger partial charge in [-0.1, -0.05) is 24.6 Å². The molecule has 0 bridgehead atoms. The molecule has 1 aliphatic carbocycles. The van der Waals surface area contributed by atoms with E-state index in [0.29, 0.717) is 6.04 Å². The van der Waals surface area contributed by atoms with E-state index < -0.39 is 0 Å². The molecule has 1 aromatic heterocycles. The van der Waals surface area contributed by atoms with Crippen LogP contribution in [0, 0.1) is 0 Å². The summed E-state index contributed by atoms with van der Waals surface area (Å²) in [6.45, 7) is 1.23. The number of hydrogen-bond acceptors (Lipinski definition) is 3. The van der Waals surface area contributed by atoms with Gasteiger partial charge in [0.1, 0.15) is 0 Å². The molecule has 1 saturated heterocycles. The number of nitrogens with two attached hydrogens (primary N) is 1. The van der Waals surface area contributed by atoms with Crippen molar-refractivity contribution in [1.29, 1.82) is 0 Å². The standard InChI is InChI=1S/C17H22N2S/c18-15-6-3-4-10-19(12-8-9-12)17(15)14-11-20-16-7-2-1-5-13(14)16/h1-2,5,7,11-12,15,17H,3-4,6,8-10,18H2. The minimum atomic E-state index is 0.288. The average molecular weight is 286 g/mol. The van der Waals surface area contributed by atoms with Gasteiger partial charge in [-0.3, -0.25) is 4.90 Å². The highest BCUT2D eigenvalue weighted by atomic mass is 32.1. The number of likely N-dealkylation sites (tertiary alicyclic amines) is 1. The SMILES string of the molecule is NC1CCCCN(C2CC2)C1c1csc2ccccc12. The van der Waals surface area contributed by atoms with Crippen LogP contribution in [0.2, 0.25) is 0 Å². The van der Waals surface area contributed by atoms with Gasteiger partial charge < -0.3 is 5.73 Å². The van der Waals surface area contributed by atoms with E-state index in [9.17, 15) is 0 Å². The van der Waals surface area contributed by atoms with Crippen LogP contribution < -0.4 is 5.73 Å². The average Bonchev–Trinajstić information content (AvgIpc) is 3.24. The van der Waals surface area contributed by atoms with Crippen LogP contribution in [0.5, 0.6) is 0 Å². The van der Waals surface area contributed by atoms with Gasteiger partial charge in [0.2, 0.25) is 0 Å². The molecular formula is C17H22N2S. The van der Waals surface area contributed by atoms with E-state index in [1.165, 1.54) is 47.9 Å². The fraction of sp³-hybridized carbons (Fsp3) is 0.529. The van der Waals surface area contributed by atoms with Crippen LogP contribution in [0.15, 0.2) is 29.6 Å². The third-order valence-corrected chi connectivity index (χ3v) is 5.79. The van der Waals surface area contributed by atoms with Crippen molar-refractivity contribution in [3.63, 3.8) is 0 Å². The Bertz CT molecular complexity index is 602. The molecule has 0 amide bonds. The van der Waals surface area contributed by atoms with E-state index in [4.69, 9.17) is 5.73 Å². The molecule has 2 fully saturated rings. The Balaban J connectivity index is 1.79. The lowest BCUT2D eigenvalue weighted by Gasteiger charge is -2.33. The molecule has 1 saturated carbocycles. The molecule has 0 spiro atoms. The number of thiophene rings is 1. The molecule has 2 unspecified atom stereocenters. The van der Waals surface area contributed by atoms with E-state index in [-0.39, 0.29) is 6.04 Å². The first-order valence-corrected chi connectivity index (χ1v) is 8.70. The number of rotatable bonds is 2. The van der Waals surface area contributed by atoms with Crippen LogP contribution >= 0.6 is 11.3 Å². The molecular weight excluding hydrogens is 264 g/mol. The molecule has 1 aromatic carbocycles. The minimum absolute atomic E-state index is 0.288. The molecule has 20 heavy (non-hydrogen) atoms. The Hall–Kier alpha value is -0.900. The zero-order valence-corrected chi connectivity index (χ0v) is 12.6. The van der Waals surface area contributed by atoms with Crippen LogP contribution in [-0.2, 0) is 0 Å². The topological polar surface area (TPSA) is 29.3 Å². The smallest absolute Gasteiger partial charge is 0.0516 e. The zero-order valence-electron chi connectivity index (χ0n) is 11.8. The molecule has 2 N–H and O–H groups in total. The first-order valence-electron chi connectivity index (χ1n) is 7.82. The molecule has 2 aromatic rings. The van der Waals surface area contributed by atoms with Gasteiger partial charge in [-0.15, -0.1) is 11.3 Å². The molecule has 3 heteroatoms. The Morgan fingerprint density at radius 3 is 2.80 bits per heavy atom. The van der Waals surface area contributed by atoms with Crippen molar-refractivity contribution < 1.29 is 0 Å². The van der Waals surface area contributed by atoms with E-state index in [1.54, 1.807) is 0 Å². The summed E-state index contributed by atoms with van der Waals surface area (Å²) in [4.78, 5) is 2.71. The van der Waals surface area contributed by atoms with Crippen molar-refractivity contribution in [2.45, 2.75) is 50.2 Å². The highest BCUT2D eigenvalue weighted by Crippen LogP contribution is 2.42. The summed E-state index contributed by atoms with van der Waals surface area (Å²) in [5.74, 6) is 0. The monoisotopic (exact) mass is 286 g/mol. The maximum atomic E-state index is 6.58. The van der Waals surface area contributed by atoms with Crippen LogP contribution in [0.25, 0.3) is 10.1 Å². The first-order chi connectivity index (χ1) is 9.84. The molecule has 0 radical (unpaired) electrons. The highest BCUT2D eigenvalue weighted by Gasteiger charge is 2.38.